The van der Waals surface area contributed by atoms with Crippen molar-refractivity contribution in [2.24, 2.45) is 0 Å². The molecule has 0 N–H and O–H groups in total. The molecule has 0 unspecified atom stereocenters. The molecule has 1 aromatic carbocycles. The minimum atomic E-state index is -4.43. The van der Waals surface area contributed by atoms with Gasteiger partial charge in [0.05, 0.1) is 10.5 Å². The number of furan rings is 1. The highest BCUT2D eigenvalue weighted by molar-refractivity contribution is 8.26. The van der Waals surface area contributed by atoms with Gasteiger partial charge in [0.2, 0.25) is 0 Å². The number of likely N-dealkylation sites (N-methyl/N-ethyl adjacent to an activating group) is 1. The van der Waals surface area contributed by atoms with Crippen LogP contribution in [0.15, 0.2) is 45.7 Å². The van der Waals surface area contributed by atoms with Crippen LogP contribution in [0.25, 0.3) is 17.4 Å². The molecule has 158 valence electrons. The van der Waals surface area contributed by atoms with Gasteiger partial charge in [0.15, 0.2) is 4.32 Å². The van der Waals surface area contributed by atoms with Crippen molar-refractivity contribution in [3.8, 4) is 11.3 Å². The van der Waals surface area contributed by atoms with Crippen molar-refractivity contribution in [3.05, 3.63) is 52.6 Å². The molecule has 4 rings (SSSR count). The second kappa shape index (κ2) is 8.18. The van der Waals surface area contributed by atoms with E-state index in [0.29, 0.717) is 39.4 Å². The zero-order valence-corrected chi connectivity index (χ0v) is 17.6. The molecule has 0 radical (unpaired) electrons. The molecule has 0 bridgehead atoms. The molecular weight excluding hydrogens is 435 g/mol. The quantitative estimate of drug-likeness (QED) is 0.509. The number of thioether (sulfide) groups is 1. The fraction of sp³-hybridized carbons (Fsp3) is 0.300. The number of halogens is 3. The lowest BCUT2D eigenvalue weighted by Crippen LogP contribution is -2.54. The van der Waals surface area contributed by atoms with Gasteiger partial charge in [-0.2, -0.15) is 13.2 Å². The van der Waals surface area contributed by atoms with Crippen LogP contribution in [-0.2, 0) is 11.0 Å². The fourth-order valence-corrected chi connectivity index (χ4v) is 4.55. The van der Waals surface area contributed by atoms with Crippen LogP contribution in [0, 0.1) is 0 Å². The number of nitrogens with zero attached hydrogens (tertiary/aromatic N) is 3. The number of carbonyl (C=O) groups excluding carboxylic acids is 1. The van der Waals surface area contributed by atoms with Crippen molar-refractivity contribution in [3.63, 3.8) is 0 Å². The van der Waals surface area contributed by atoms with Crippen molar-refractivity contribution in [2.75, 3.05) is 33.2 Å². The molecule has 0 saturated carbocycles. The standard InChI is InChI=1S/C20H18F3N3O2S2/c1-24-7-9-25(10-8-24)26-18(27)17(30-19(26)29)12-15-5-6-16(28-15)13-3-2-4-14(11-13)20(21,22)23/h2-6,11-12H,7-10H2,1H3/b17-12-. The van der Waals surface area contributed by atoms with Gasteiger partial charge in [-0.25, -0.2) is 10.0 Å². The summed E-state index contributed by atoms with van der Waals surface area (Å²) in [5.74, 6) is 0.453. The predicted molar refractivity (Wildman–Crippen MR) is 113 cm³/mol. The third-order valence-corrected chi connectivity index (χ3v) is 6.19. The van der Waals surface area contributed by atoms with Crippen LogP contribution in [0.1, 0.15) is 11.3 Å². The number of carbonyl (C=O) groups is 1. The minimum Gasteiger partial charge on any atom is -0.457 e. The highest BCUT2D eigenvalue weighted by atomic mass is 32.2. The van der Waals surface area contributed by atoms with E-state index in [1.54, 1.807) is 24.3 Å². The molecule has 0 atom stereocenters. The van der Waals surface area contributed by atoms with E-state index in [2.05, 4.69) is 4.90 Å². The van der Waals surface area contributed by atoms with Crippen LogP contribution >= 0.6 is 24.0 Å². The van der Waals surface area contributed by atoms with Gasteiger partial charge in [-0.15, -0.1) is 0 Å². The van der Waals surface area contributed by atoms with Crippen molar-refractivity contribution in [2.45, 2.75) is 6.18 Å². The lowest BCUT2D eigenvalue weighted by atomic mass is 10.1. The van der Waals surface area contributed by atoms with Gasteiger partial charge in [0, 0.05) is 37.8 Å². The topological polar surface area (TPSA) is 39.9 Å². The third kappa shape index (κ3) is 4.31. The maximum Gasteiger partial charge on any atom is 0.416 e. The summed E-state index contributed by atoms with van der Waals surface area (Å²) in [6.45, 7) is 3.09. The van der Waals surface area contributed by atoms with Crippen LogP contribution < -0.4 is 0 Å². The molecular formula is C20H18F3N3O2S2. The van der Waals surface area contributed by atoms with Crippen molar-refractivity contribution >= 4 is 40.3 Å². The Morgan fingerprint density at radius 1 is 1.13 bits per heavy atom. The summed E-state index contributed by atoms with van der Waals surface area (Å²) in [5.41, 5.74) is -0.430. The molecule has 10 heteroatoms. The summed E-state index contributed by atoms with van der Waals surface area (Å²) in [4.78, 5) is 15.5. The first-order valence-electron chi connectivity index (χ1n) is 9.21. The van der Waals surface area contributed by atoms with Crippen LogP contribution in [0.4, 0.5) is 13.2 Å². The number of hydrogen-bond donors (Lipinski definition) is 0. The third-order valence-electron chi connectivity index (χ3n) is 4.91. The van der Waals surface area contributed by atoms with Gasteiger partial charge < -0.3 is 9.32 Å². The van der Waals surface area contributed by atoms with Crippen molar-refractivity contribution in [1.82, 2.24) is 14.9 Å². The van der Waals surface area contributed by atoms with Gasteiger partial charge in [-0.1, -0.05) is 36.1 Å². The van der Waals surface area contributed by atoms with E-state index >= 15 is 0 Å². The molecule has 2 aliphatic heterocycles. The van der Waals surface area contributed by atoms with Crippen molar-refractivity contribution < 1.29 is 22.4 Å². The Morgan fingerprint density at radius 3 is 2.57 bits per heavy atom. The number of thiocarbonyl (C=S) groups is 1. The Bertz CT molecular complexity index is 1010. The van der Waals surface area contributed by atoms with E-state index < -0.39 is 11.7 Å². The molecule has 0 spiro atoms. The van der Waals surface area contributed by atoms with Crippen LogP contribution in [-0.4, -0.2) is 58.4 Å². The summed E-state index contributed by atoms with van der Waals surface area (Å²) in [5, 5.41) is 3.46. The molecule has 2 fully saturated rings. The smallest absolute Gasteiger partial charge is 0.416 e. The van der Waals surface area contributed by atoms with Crippen LogP contribution in [0.2, 0.25) is 0 Å². The number of benzene rings is 1. The Labute approximate surface area is 181 Å². The first-order chi connectivity index (χ1) is 14.2. The average molecular weight is 454 g/mol. The molecule has 30 heavy (non-hydrogen) atoms. The van der Waals surface area contributed by atoms with Gasteiger partial charge in [0.1, 0.15) is 11.5 Å². The summed E-state index contributed by atoms with van der Waals surface area (Å²) in [6.07, 6.45) is -2.85. The number of hydrazine groups is 1. The van der Waals surface area contributed by atoms with Crippen LogP contribution in [0.3, 0.4) is 0 Å². The summed E-state index contributed by atoms with van der Waals surface area (Å²) < 4.78 is 45.0. The van der Waals surface area contributed by atoms with E-state index in [-0.39, 0.29) is 5.91 Å². The zero-order valence-electron chi connectivity index (χ0n) is 16.0. The maximum absolute atomic E-state index is 12.9. The Kier molecular flexibility index (Phi) is 5.75. The van der Waals surface area contributed by atoms with E-state index in [9.17, 15) is 18.0 Å². The molecule has 2 saturated heterocycles. The highest BCUT2D eigenvalue weighted by Gasteiger charge is 2.37. The number of rotatable bonds is 3. The number of amides is 1. The highest BCUT2D eigenvalue weighted by Crippen LogP contribution is 2.36. The average Bonchev–Trinajstić information content (AvgIpc) is 3.27. The largest absolute Gasteiger partial charge is 0.457 e. The zero-order chi connectivity index (χ0) is 21.5. The number of hydrogen-bond acceptors (Lipinski definition) is 6. The number of alkyl halides is 3. The molecule has 3 heterocycles. The van der Waals surface area contributed by atoms with Gasteiger partial charge >= 0.3 is 6.18 Å². The Balaban J connectivity index is 1.53. The van der Waals surface area contributed by atoms with Gasteiger partial charge in [0.25, 0.3) is 5.91 Å². The maximum atomic E-state index is 12.9. The Morgan fingerprint density at radius 2 is 1.87 bits per heavy atom. The summed E-state index contributed by atoms with van der Waals surface area (Å²) >= 11 is 6.57. The summed E-state index contributed by atoms with van der Waals surface area (Å²) in [6, 6.07) is 8.14. The fourth-order valence-electron chi connectivity index (χ4n) is 3.26. The second-order valence-electron chi connectivity index (χ2n) is 7.03. The lowest BCUT2D eigenvalue weighted by molar-refractivity contribution is -0.137. The normalized spacial score (nSPS) is 20.5. The predicted octanol–water partition coefficient (Wildman–Crippen LogP) is 4.33. The molecule has 1 amide bonds. The molecule has 5 nitrogen and oxygen atoms in total. The van der Waals surface area contributed by atoms with Crippen LogP contribution in [0.5, 0.6) is 0 Å². The first-order valence-corrected chi connectivity index (χ1v) is 10.4. The van der Waals surface area contributed by atoms with Crippen molar-refractivity contribution in [1.29, 1.82) is 0 Å². The molecule has 1 aromatic heterocycles. The van der Waals surface area contributed by atoms with E-state index in [4.69, 9.17) is 16.6 Å². The van der Waals surface area contributed by atoms with E-state index in [1.807, 2.05) is 12.1 Å². The molecule has 2 aliphatic rings. The second-order valence-corrected chi connectivity index (χ2v) is 8.71. The Hall–Kier alpha value is -2.14. The molecule has 2 aromatic rings. The van der Waals surface area contributed by atoms with E-state index in [0.717, 1.165) is 25.2 Å². The van der Waals surface area contributed by atoms with Gasteiger partial charge in [-0.3, -0.25) is 4.79 Å². The molecule has 0 aliphatic carbocycles. The summed E-state index contributed by atoms with van der Waals surface area (Å²) in [7, 11) is 2.03. The van der Waals surface area contributed by atoms with Gasteiger partial charge in [-0.05, 0) is 31.3 Å². The lowest BCUT2D eigenvalue weighted by Gasteiger charge is -2.37. The SMILES string of the molecule is CN1CCN(N2C(=O)/C(=C/c3ccc(-c4cccc(C(F)(F)F)c4)o3)SC2=S)CC1. The van der Waals surface area contributed by atoms with E-state index in [1.165, 1.54) is 22.8 Å². The number of piperazine rings is 1. The first kappa shape index (κ1) is 21.1. The minimum absolute atomic E-state index is 0.216. The monoisotopic (exact) mass is 453 g/mol.